The van der Waals surface area contributed by atoms with Crippen molar-refractivity contribution < 1.29 is 23.8 Å². The van der Waals surface area contributed by atoms with Gasteiger partial charge in [0.2, 0.25) is 6.79 Å². The van der Waals surface area contributed by atoms with Gasteiger partial charge < -0.3 is 24.1 Å². The first-order chi connectivity index (χ1) is 12.5. The molecule has 0 bridgehead atoms. The molecule has 1 amide bonds. The van der Waals surface area contributed by atoms with Gasteiger partial charge in [-0.1, -0.05) is 0 Å². The minimum atomic E-state index is -0.481. The van der Waals surface area contributed by atoms with Crippen LogP contribution in [0.25, 0.3) is 0 Å². The number of nitrogens with one attached hydrogen (secondary N) is 1. The highest BCUT2D eigenvalue weighted by atomic mass is 16.7. The van der Waals surface area contributed by atoms with Crippen molar-refractivity contribution in [3.63, 3.8) is 0 Å². The third kappa shape index (κ3) is 3.12. The second kappa shape index (κ2) is 6.40. The van der Waals surface area contributed by atoms with Crippen LogP contribution in [-0.2, 0) is 9.53 Å². The summed E-state index contributed by atoms with van der Waals surface area (Å²) in [4.78, 5) is 24.4. The molecule has 1 N–H and O–H groups in total. The molecule has 7 heteroatoms. The van der Waals surface area contributed by atoms with Crippen molar-refractivity contribution in [2.45, 2.75) is 32.7 Å². The zero-order chi connectivity index (χ0) is 18.3. The van der Waals surface area contributed by atoms with E-state index in [0.717, 1.165) is 24.2 Å². The summed E-state index contributed by atoms with van der Waals surface area (Å²) in [7, 11) is 0. The van der Waals surface area contributed by atoms with E-state index in [1.165, 1.54) is 0 Å². The third-order valence-electron chi connectivity index (χ3n) is 4.61. The highest BCUT2D eigenvalue weighted by Crippen LogP contribution is 2.38. The standard InChI is InChI=1S/C19H20N2O5/c1-11-7-15(12(2)21(11)14-4-5-14)19(23)24-9-18(22)20-13-3-6-16-17(8-13)26-10-25-16/h3,6-8,14H,4-5,9-10H2,1-2H3,(H,20,22). The van der Waals surface area contributed by atoms with Crippen LogP contribution in [-0.4, -0.2) is 29.8 Å². The zero-order valence-corrected chi connectivity index (χ0v) is 14.7. The molecular weight excluding hydrogens is 336 g/mol. The molecule has 0 radical (unpaired) electrons. The van der Waals surface area contributed by atoms with Crippen LogP contribution in [0.2, 0.25) is 0 Å². The minimum absolute atomic E-state index is 0.170. The quantitative estimate of drug-likeness (QED) is 0.833. The van der Waals surface area contributed by atoms with Crippen LogP contribution in [0.4, 0.5) is 5.69 Å². The lowest BCUT2D eigenvalue weighted by Gasteiger charge is -2.09. The number of amides is 1. The molecular formula is C19H20N2O5. The van der Waals surface area contributed by atoms with Gasteiger partial charge in [-0.15, -0.1) is 0 Å². The first-order valence-corrected chi connectivity index (χ1v) is 8.58. The summed E-state index contributed by atoms with van der Waals surface area (Å²) in [6.45, 7) is 3.72. The number of hydrogen-bond donors (Lipinski definition) is 1. The molecule has 2 aliphatic rings. The van der Waals surface area contributed by atoms with Crippen molar-refractivity contribution in [1.82, 2.24) is 4.57 Å². The number of fused-ring (bicyclic) bond motifs is 1. The molecule has 1 fully saturated rings. The molecule has 1 saturated carbocycles. The second-order valence-electron chi connectivity index (χ2n) is 6.58. The smallest absolute Gasteiger partial charge is 0.340 e. The summed E-state index contributed by atoms with van der Waals surface area (Å²) < 4.78 is 17.8. The van der Waals surface area contributed by atoms with Gasteiger partial charge in [-0.25, -0.2) is 4.79 Å². The van der Waals surface area contributed by atoms with E-state index in [0.29, 0.717) is 28.8 Å². The van der Waals surface area contributed by atoms with Crippen LogP contribution in [0, 0.1) is 13.8 Å². The number of rotatable bonds is 5. The molecule has 0 saturated heterocycles. The first-order valence-electron chi connectivity index (χ1n) is 8.58. The van der Waals surface area contributed by atoms with Crippen LogP contribution < -0.4 is 14.8 Å². The lowest BCUT2D eigenvalue weighted by Crippen LogP contribution is -2.21. The number of ether oxygens (including phenoxy) is 3. The number of nitrogens with zero attached hydrogens (tertiary/aromatic N) is 1. The van der Waals surface area contributed by atoms with Crippen molar-refractivity contribution in [3.05, 3.63) is 41.2 Å². The van der Waals surface area contributed by atoms with Gasteiger partial charge in [0.15, 0.2) is 18.1 Å². The van der Waals surface area contributed by atoms with Crippen LogP contribution in [0.15, 0.2) is 24.3 Å². The first kappa shape index (κ1) is 16.5. The Morgan fingerprint density at radius 1 is 1.19 bits per heavy atom. The lowest BCUT2D eigenvalue weighted by atomic mass is 10.2. The normalized spacial score (nSPS) is 15.0. The summed E-state index contributed by atoms with van der Waals surface area (Å²) in [5.74, 6) is 0.326. The summed E-state index contributed by atoms with van der Waals surface area (Å²) >= 11 is 0. The number of carbonyl (C=O) groups excluding carboxylic acids is 2. The molecule has 2 aromatic rings. The SMILES string of the molecule is Cc1cc(C(=O)OCC(=O)Nc2ccc3c(c2)OCO3)c(C)n1C1CC1. The lowest BCUT2D eigenvalue weighted by molar-refractivity contribution is -0.119. The highest BCUT2D eigenvalue weighted by molar-refractivity contribution is 5.96. The van der Waals surface area contributed by atoms with Crippen LogP contribution in [0.3, 0.4) is 0 Å². The van der Waals surface area contributed by atoms with E-state index in [9.17, 15) is 9.59 Å². The number of aromatic nitrogens is 1. The van der Waals surface area contributed by atoms with E-state index in [4.69, 9.17) is 14.2 Å². The Hall–Kier alpha value is -2.96. The molecule has 1 aliphatic heterocycles. The Balaban J connectivity index is 1.35. The Labute approximate surface area is 150 Å². The largest absolute Gasteiger partial charge is 0.454 e. The number of hydrogen-bond acceptors (Lipinski definition) is 5. The Morgan fingerprint density at radius 2 is 1.96 bits per heavy atom. The summed E-state index contributed by atoms with van der Waals surface area (Å²) in [6.07, 6.45) is 2.28. The van der Waals surface area contributed by atoms with E-state index in [1.54, 1.807) is 18.2 Å². The molecule has 0 spiro atoms. The predicted octanol–water partition coefficient (Wildman–Crippen LogP) is 2.96. The predicted molar refractivity (Wildman–Crippen MR) is 93.7 cm³/mol. The van der Waals surface area contributed by atoms with Crippen molar-refractivity contribution in [2.24, 2.45) is 0 Å². The van der Waals surface area contributed by atoms with Crippen LogP contribution in [0.5, 0.6) is 11.5 Å². The van der Waals surface area contributed by atoms with Crippen molar-refractivity contribution in [3.8, 4) is 11.5 Å². The topological polar surface area (TPSA) is 78.8 Å². The van der Waals surface area contributed by atoms with Gasteiger partial charge in [-0.3, -0.25) is 4.79 Å². The fraction of sp³-hybridized carbons (Fsp3) is 0.368. The molecule has 7 nitrogen and oxygen atoms in total. The fourth-order valence-corrected chi connectivity index (χ4v) is 3.26. The van der Waals surface area contributed by atoms with Crippen LogP contribution in [0.1, 0.15) is 40.6 Å². The Kier molecular flexibility index (Phi) is 4.06. The van der Waals surface area contributed by atoms with Gasteiger partial charge in [0.1, 0.15) is 0 Å². The third-order valence-corrected chi connectivity index (χ3v) is 4.61. The van der Waals surface area contributed by atoms with Crippen LogP contribution >= 0.6 is 0 Å². The zero-order valence-electron chi connectivity index (χ0n) is 14.7. The van der Waals surface area contributed by atoms with Gasteiger partial charge in [0.25, 0.3) is 5.91 Å². The Bertz CT molecular complexity index is 882. The number of esters is 1. The summed E-state index contributed by atoms with van der Waals surface area (Å²) in [5, 5.41) is 2.68. The molecule has 1 aromatic heterocycles. The molecule has 1 aliphatic carbocycles. The average molecular weight is 356 g/mol. The highest BCUT2D eigenvalue weighted by Gasteiger charge is 2.28. The van der Waals surface area contributed by atoms with Gasteiger partial charge in [-0.2, -0.15) is 0 Å². The fourth-order valence-electron chi connectivity index (χ4n) is 3.26. The van der Waals surface area contributed by atoms with E-state index in [2.05, 4.69) is 9.88 Å². The van der Waals surface area contributed by atoms with E-state index < -0.39 is 11.9 Å². The second-order valence-corrected chi connectivity index (χ2v) is 6.58. The minimum Gasteiger partial charge on any atom is -0.454 e. The molecule has 0 unspecified atom stereocenters. The molecule has 2 heterocycles. The molecule has 1 aromatic carbocycles. The number of benzene rings is 1. The maximum absolute atomic E-state index is 12.3. The summed E-state index contributed by atoms with van der Waals surface area (Å²) in [6, 6.07) is 7.41. The number of carbonyl (C=O) groups is 2. The Morgan fingerprint density at radius 3 is 2.73 bits per heavy atom. The maximum atomic E-state index is 12.3. The monoisotopic (exact) mass is 356 g/mol. The number of anilines is 1. The molecule has 136 valence electrons. The van der Waals surface area contributed by atoms with Gasteiger partial charge in [0, 0.05) is 29.2 Å². The van der Waals surface area contributed by atoms with Crippen molar-refractivity contribution in [2.75, 3.05) is 18.7 Å². The van der Waals surface area contributed by atoms with Gasteiger partial charge in [0.05, 0.1) is 5.56 Å². The van der Waals surface area contributed by atoms with Gasteiger partial charge >= 0.3 is 5.97 Å². The molecule has 0 atom stereocenters. The van der Waals surface area contributed by atoms with E-state index in [-0.39, 0.29) is 13.4 Å². The average Bonchev–Trinajstić information content (AvgIpc) is 3.25. The number of aryl methyl sites for hydroxylation is 1. The van der Waals surface area contributed by atoms with E-state index in [1.807, 2.05) is 19.9 Å². The van der Waals surface area contributed by atoms with Crippen molar-refractivity contribution in [1.29, 1.82) is 0 Å². The molecule has 26 heavy (non-hydrogen) atoms. The summed E-state index contributed by atoms with van der Waals surface area (Å²) in [5.41, 5.74) is 3.01. The van der Waals surface area contributed by atoms with E-state index >= 15 is 0 Å². The van der Waals surface area contributed by atoms with Crippen molar-refractivity contribution >= 4 is 17.6 Å². The molecule has 4 rings (SSSR count). The maximum Gasteiger partial charge on any atom is 0.340 e. The van der Waals surface area contributed by atoms with Gasteiger partial charge in [-0.05, 0) is 44.9 Å².